The first-order valence-electron chi connectivity index (χ1n) is 8.56. The lowest BCUT2D eigenvalue weighted by Gasteiger charge is -2.19. The van der Waals surface area contributed by atoms with Gasteiger partial charge in [-0.25, -0.2) is 13.1 Å². The third kappa shape index (κ3) is 3.51. The summed E-state index contributed by atoms with van der Waals surface area (Å²) in [6.07, 6.45) is 0.979. The van der Waals surface area contributed by atoms with Gasteiger partial charge in [-0.05, 0) is 41.3 Å². The molecule has 0 saturated carbocycles. The number of rotatable bonds is 5. The van der Waals surface area contributed by atoms with Crippen LogP contribution >= 0.6 is 0 Å². The molecule has 0 amide bonds. The molecule has 7 nitrogen and oxygen atoms in total. The van der Waals surface area contributed by atoms with Crippen LogP contribution in [0.15, 0.2) is 53.6 Å². The van der Waals surface area contributed by atoms with E-state index in [-0.39, 0.29) is 11.4 Å². The minimum Gasteiger partial charge on any atom is -0.486 e. The van der Waals surface area contributed by atoms with Gasteiger partial charge in [0.15, 0.2) is 11.5 Å². The van der Waals surface area contributed by atoms with Crippen molar-refractivity contribution in [2.45, 2.75) is 11.0 Å². The van der Waals surface area contributed by atoms with E-state index in [0.29, 0.717) is 30.3 Å². The molecule has 0 aliphatic carbocycles. The summed E-state index contributed by atoms with van der Waals surface area (Å²) in [5.41, 5.74) is 1.70. The molecule has 8 heteroatoms. The highest BCUT2D eigenvalue weighted by molar-refractivity contribution is 7.89. The molecule has 0 spiro atoms. The van der Waals surface area contributed by atoms with Crippen LogP contribution in [0.5, 0.6) is 11.5 Å². The highest BCUT2D eigenvalue weighted by Crippen LogP contribution is 2.32. The Kier molecular flexibility index (Phi) is 4.55. The maximum absolute atomic E-state index is 12.5. The standard InChI is InChI=1S/C19H20N2O5S/c1-21-7-6-13-10-14(2-4-16(13)21)17(22)12-20-27(23,24)15-3-5-18-19(11-15)26-9-8-25-18/h2-7,10-11,17,20,22H,8-9,12H2,1H3. The average Bonchev–Trinajstić information content (AvgIpc) is 3.06. The summed E-state index contributed by atoms with van der Waals surface area (Å²) in [6, 6.07) is 12.0. The van der Waals surface area contributed by atoms with Gasteiger partial charge in [-0.1, -0.05) is 6.07 Å². The van der Waals surface area contributed by atoms with Gasteiger partial charge in [0.05, 0.1) is 11.0 Å². The average molecular weight is 388 g/mol. The molecule has 1 atom stereocenters. The van der Waals surface area contributed by atoms with E-state index in [1.807, 2.05) is 36.0 Å². The number of nitrogens with zero attached hydrogens (tertiary/aromatic N) is 1. The fourth-order valence-corrected chi connectivity index (χ4v) is 4.14. The van der Waals surface area contributed by atoms with Crippen LogP contribution < -0.4 is 14.2 Å². The monoisotopic (exact) mass is 388 g/mol. The van der Waals surface area contributed by atoms with Gasteiger partial charge in [0.25, 0.3) is 0 Å². The second kappa shape index (κ2) is 6.88. The van der Waals surface area contributed by atoms with Crippen LogP contribution in [-0.2, 0) is 17.1 Å². The summed E-state index contributed by atoms with van der Waals surface area (Å²) in [4.78, 5) is 0.0671. The molecule has 2 heterocycles. The lowest BCUT2D eigenvalue weighted by atomic mass is 10.1. The van der Waals surface area contributed by atoms with Gasteiger partial charge >= 0.3 is 0 Å². The molecule has 27 heavy (non-hydrogen) atoms. The lowest BCUT2D eigenvalue weighted by Crippen LogP contribution is -2.28. The molecule has 142 valence electrons. The van der Waals surface area contributed by atoms with Gasteiger partial charge in [-0.15, -0.1) is 0 Å². The van der Waals surface area contributed by atoms with Gasteiger partial charge in [0.2, 0.25) is 10.0 Å². The van der Waals surface area contributed by atoms with Crippen molar-refractivity contribution in [1.82, 2.24) is 9.29 Å². The molecule has 3 aromatic rings. The Balaban J connectivity index is 1.49. The van der Waals surface area contributed by atoms with Gasteiger partial charge in [0.1, 0.15) is 13.2 Å². The van der Waals surface area contributed by atoms with Crippen molar-refractivity contribution in [3.05, 3.63) is 54.2 Å². The smallest absolute Gasteiger partial charge is 0.240 e. The first-order valence-corrected chi connectivity index (χ1v) is 10.0. The van der Waals surface area contributed by atoms with Crippen LogP contribution in [0.3, 0.4) is 0 Å². The fourth-order valence-electron chi connectivity index (χ4n) is 3.09. The first kappa shape index (κ1) is 17.8. The molecule has 0 bridgehead atoms. The predicted octanol–water partition coefficient (Wildman–Crippen LogP) is 1.96. The van der Waals surface area contributed by atoms with Crippen LogP contribution in [0.25, 0.3) is 10.9 Å². The minimum absolute atomic E-state index is 0.0671. The number of benzene rings is 2. The molecule has 2 aromatic carbocycles. The molecule has 4 rings (SSSR count). The Morgan fingerprint density at radius 1 is 1.11 bits per heavy atom. The summed E-state index contributed by atoms with van der Waals surface area (Å²) in [5, 5.41) is 11.4. The SMILES string of the molecule is Cn1ccc2cc(C(O)CNS(=O)(=O)c3ccc4c(c3)OCCO4)ccc21. The zero-order chi connectivity index (χ0) is 19.0. The van der Waals surface area contributed by atoms with Gasteiger partial charge in [-0.2, -0.15) is 0 Å². The quantitative estimate of drug-likeness (QED) is 0.697. The number of aliphatic hydroxyl groups is 1. The van der Waals surface area contributed by atoms with E-state index < -0.39 is 16.1 Å². The number of sulfonamides is 1. The number of aromatic nitrogens is 1. The third-order valence-corrected chi connectivity index (χ3v) is 6.01. The Morgan fingerprint density at radius 3 is 2.70 bits per heavy atom. The number of hydrogen-bond donors (Lipinski definition) is 2. The second-order valence-electron chi connectivity index (χ2n) is 6.42. The summed E-state index contributed by atoms with van der Waals surface area (Å²) in [6.45, 7) is 0.690. The first-order chi connectivity index (χ1) is 12.9. The lowest BCUT2D eigenvalue weighted by molar-refractivity contribution is 0.171. The van der Waals surface area contributed by atoms with E-state index in [1.54, 1.807) is 12.1 Å². The van der Waals surface area contributed by atoms with Gasteiger partial charge in [-0.3, -0.25) is 0 Å². The van der Waals surface area contributed by atoms with Crippen LogP contribution in [0, 0.1) is 0 Å². The maximum atomic E-state index is 12.5. The normalized spacial score (nSPS) is 15.0. The minimum atomic E-state index is -3.78. The van der Waals surface area contributed by atoms with E-state index in [9.17, 15) is 13.5 Å². The topological polar surface area (TPSA) is 89.8 Å². The van der Waals surface area contributed by atoms with E-state index in [4.69, 9.17) is 9.47 Å². The molecule has 0 radical (unpaired) electrons. The van der Waals surface area contributed by atoms with Crippen molar-refractivity contribution in [2.75, 3.05) is 19.8 Å². The molecule has 2 N–H and O–H groups in total. The zero-order valence-corrected chi connectivity index (χ0v) is 15.6. The summed E-state index contributed by atoms with van der Waals surface area (Å²) in [7, 11) is -1.84. The number of ether oxygens (including phenoxy) is 2. The summed E-state index contributed by atoms with van der Waals surface area (Å²) >= 11 is 0. The molecule has 1 aliphatic heterocycles. The Hall–Kier alpha value is -2.55. The molecule has 0 saturated heterocycles. The van der Waals surface area contributed by atoms with Crippen LogP contribution in [0.2, 0.25) is 0 Å². The van der Waals surface area contributed by atoms with Crippen molar-refractivity contribution in [3.8, 4) is 11.5 Å². The van der Waals surface area contributed by atoms with Crippen LogP contribution in [0.1, 0.15) is 11.7 Å². The van der Waals surface area contributed by atoms with E-state index in [1.165, 1.54) is 12.1 Å². The number of fused-ring (bicyclic) bond motifs is 2. The number of aryl methyl sites for hydroxylation is 1. The van der Waals surface area contributed by atoms with Crippen LogP contribution in [-0.4, -0.2) is 37.8 Å². The number of aliphatic hydroxyl groups excluding tert-OH is 1. The molecular formula is C19H20N2O5S. The van der Waals surface area contributed by atoms with E-state index >= 15 is 0 Å². The highest BCUT2D eigenvalue weighted by Gasteiger charge is 2.20. The van der Waals surface area contributed by atoms with Gasteiger partial charge < -0.3 is 19.1 Å². The van der Waals surface area contributed by atoms with Crippen molar-refractivity contribution in [2.24, 2.45) is 7.05 Å². The third-order valence-electron chi connectivity index (χ3n) is 4.58. The number of nitrogens with one attached hydrogen (secondary N) is 1. The highest BCUT2D eigenvalue weighted by atomic mass is 32.2. The zero-order valence-electron chi connectivity index (χ0n) is 14.8. The van der Waals surface area contributed by atoms with Crippen molar-refractivity contribution < 1.29 is 23.0 Å². The van der Waals surface area contributed by atoms with Crippen molar-refractivity contribution in [1.29, 1.82) is 0 Å². The van der Waals surface area contributed by atoms with Crippen LogP contribution in [0.4, 0.5) is 0 Å². The summed E-state index contributed by atoms with van der Waals surface area (Å²) < 4.78 is 40.4. The summed E-state index contributed by atoms with van der Waals surface area (Å²) in [5.74, 6) is 0.926. The molecule has 1 unspecified atom stereocenters. The van der Waals surface area contributed by atoms with Crippen molar-refractivity contribution in [3.63, 3.8) is 0 Å². The predicted molar refractivity (Wildman–Crippen MR) is 100 cm³/mol. The Morgan fingerprint density at radius 2 is 1.89 bits per heavy atom. The Bertz CT molecular complexity index is 1090. The molecule has 1 aromatic heterocycles. The Labute approximate surface area is 157 Å². The fraction of sp³-hybridized carbons (Fsp3) is 0.263. The molecule has 0 fully saturated rings. The largest absolute Gasteiger partial charge is 0.486 e. The van der Waals surface area contributed by atoms with Gasteiger partial charge in [0, 0.05) is 31.4 Å². The molecular weight excluding hydrogens is 368 g/mol. The van der Waals surface area contributed by atoms with Crippen molar-refractivity contribution >= 4 is 20.9 Å². The molecule has 1 aliphatic rings. The van der Waals surface area contributed by atoms with E-state index in [0.717, 1.165) is 10.9 Å². The second-order valence-corrected chi connectivity index (χ2v) is 8.19. The maximum Gasteiger partial charge on any atom is 0.240 e. The van der Waals surface area contributed by atoms with E-state index in [2.05, 4.69) is 4.72 Å². The number of hydrogen-bond acceptors (Lipinski definition) is 5.